The molecule has 0 amide bonds. The smallest absolute Gasteiger partial charge is 0.123 e. The summed E-state index contributed by atoms with van der Waals surface area (Å²) in [6.45, 7) is 5.10. The molecule has 176 valence electrons. The van der Waals surface area contributed by atoms with Crippen molar-refractivity contribution in [3.05, 3.63) is 106 Å². The number of aryl methyl sites for hydroxylation is 1. The summed E-state index contributed by atoms with van der Waals surface area (Å²) in [7, 11) is 0. The second kappa shape index (κ2) is 10.2. The summed E-state index contributed by atoms with van der Waals surface area (Å²) in [5.41, 5.74) is 8.95. The van der Waals surface area contributed by atoms with E-state index in [-0.39, 0.29) is 12.5 Å². The second-order valence-corrected chi connectivity index (χ2v) is 9.96. The second-order valence-electron chi connectivity index (χ2n) is 9.96. The molecule has 1 heterocycles. The molecule has 1 fully saturated rings. The first kappa shape index (κ1) is 23.0. The van der Waals surface area contributed by atoms with Gasteiger partial charge in [-0.3, -0.25) is 4.39 Å². The first-order valence-corrected chi connectivity index (χ1v) is 12.6. The molecule has 3 heteroatoms. The van der Waals surface area contributed by atoms with E-state index in [4.69, 9.17) is 0 Å². The van der Waals surface area contributed by atoms with E-state index in [9.17, 15) is 8.78 Å². The highest BCUT2D eigenvalue weighted by Gasteiger charge is 2.27. The number of fused-ring (bicyclic) bond motifs is 1. The van der Waals surface area contributed by atoms with Crippen molar-refractivity contribution in [1.29, 1.82) is 0 Å². The predicted octanol–water partition coefficient (Wildman–Crippen LogP) is 7.20. The number of allylic oxidation sites excluding steroid dienone is 1. The van der Waals surface area contributed by atoms with Gasteiger partial charge in [-0.25, -0.2) is 4.39 Å². The Labute approximate surface area is 202 Å². The molecule has 0 N–H and O–H groups in total. The Morgan fingerprint density at radius 2 is 1.59 bits per heavy atom. The number of nitrogens with zero attached hydrogens (tertiary/aromatic N) is 1. The van der Waals surface area contributed by atoms with Gasteiger partial charge in [-0.15, -0.1) is 0 Å². The zero-order valence-electron chi connectivity index (χ0n) is 19.9. The molecule has 1 unspecified atom stereocenters. The quantitative estimate of drug-likeness (QED) is 0.363. The number of benzene rings is 3. The first-order chi connectivity index (χ1) is 16.6. The maximum Gasteiger partial charge on any atom is 0.123 e. The van der Waals surface area contributed by atoms with Crippen LogP contribution in [0, 0.1) is 17.7 Å². The number of hydrogen-bond donors (Lipinski definition) is 0. The Morgan fingerprint density at radius 3 is 2.32 bits per heavy atom. The van der Waals surface area contributed by atoms with Gasteiger partial charge in [-0.05, 0) is 88.6 Å². The van der Waals surface area contributed by atoms with Crippen molar-refractivity contribution >= 4 is 11.1 Å². The van der Waals surface area contributed by atoms with Gasteiger partial charge in [0.15, 0.2) is 0 Å². The third-order valence-corrected chi connectivity index (χ3v) is 7.46. The minimum atomic E-state index is -0.222. The molecule has 0 radical (unpaired) electrons. The van der Waals surface area contributed by atoms with Crippen molar-refractivity contribution in [3.63, 3.8) is 0 Å². The van der Waals surface area contributed by atoms with Crippen molar-refractivity contribution in [2.45, 2.75) is 32.6 Å². The summed E-state index contributed by atoms with van der Waals surface area (Å²) in [5, 5.41) is 0. The van der Waals surface area contributed by atoms with E-state index >= 15 is 0 Å². The van der Waals surface area contributed by atoms with E-state index in [1.54, 1.807) is 12.1 Å². The lowest BCUT2D eigenvalue weighted by molar-refractivity contribution is 0.0968. The van der Waals surface area contributed by atoms with E-state index in [1.165, 1.54) is 33.4 Å². The third-order valence-electron chi connectivity index (χ3n) is 7.46. The number of halogens is 2. The molecule has 5 rings (SSSR count). The fourth-order valence-corrected chi connectivity index (χ4v) is 5.67. The van der Waals surface area contributed by atoms with Crippen LogP contribution < -0.4 is 0 Å². The normalized spacial score (nSPS) is 19.0. The van der Waals surface area contributed by atoms with Gasteiger partial charge in [0.05, 0.1) is 6.67 Å². The van der Waals surface area contributed by atoms with Crippen LogP contribution in [0.3, 0.4) is 0 Å². The van der Waals surface area contributed by atoms with Crippen molar-refractivity contribution in [3.8, 4) is 0 Å². The van der Waals surface area contributed by atoms with E-state index in [2.05, 4.69) is 60.4 Å². The van der Waals surface area contributed by atoms with Gasteiger partial charge in [-0.2, -0.15) is 0 Å². The third kappa shape index (κ3) is 4.86. The van der Waals surface area contributed by atoms with E-state index < -0.39 is 0 Å². The van der Waals surface area contributed by atoms with Gasteiger partial charge in [0, 0.05) is 19.6 Å². The summed E-state index contributed by atoms with van der Waals surface area (Å²) in [6.07, 6.45) is 3.84. The van der Waals surface area contributed by atoms with Gasteiger partial charge >= 0.3 is 0 Å². The monoisotopic (exact) mass is 457 g/mol. The molecule has 3 aromatic rings. The van der Waals surface area contributed by atoms with Gasteiger partial charge in [0.1, 0.15) is 5.82 Å². The fraction of sp³-hybridized carbons (Fsp3) is 0.355. The molecule has 1 saturated heterocycles. The maximum absolute atomic E-state index is 13.7. The molecular formula is C31H33F2N. The maximum atomic E-state index is 13.7. The average Bonchev–Trinajstić information content (AvgIpc) is 2.98. The molecular weight excluding hydrogens is 424 g/mol. The molecule has 1 atom stereocenters. The van der Waals surface area contributed by atoms with E-state index in [0.717, 1.165) is 44.5 Å². The Morgan fingerprint density at radius 1 is 0.882 bits per heavy atom. The highest BCUT2D eigenvalue weighted by molar-refractivity contribution is 6.00. The SMILES string of the molecule is CC1CCc2ccccc2C(c2ccc(CC3CN(CCCF)C3)cc2)=C1c1ccc(F)cc1. The van der Waals surface area contributed by atoms with Crippen molar-refractivity contribution in [1.82, 2.24) is 4.90 Å². The van der Waals surface area contributed by atoms with Crippen molar-refractivity contribution in [2.75, 3.05) is 26.3 Å². The number of hydrogen-bond acceptors (Lipinski definition) is 1. The first-order valence-electron chi connectivity index (χ1n) is 12.6. The Balaban J connectivity index is 1.47. The Kier molecular flexibility index (Phi) is 6.92. The lowest BCUT2D eigenvalue weighted by atomic mass is 9.83. The van der Waals surface area contributed by atoms with Gasteiger partial charge in [0.25, 0.3) is 0 Å². The van der Waals surface area contributed by atoms with Crippen LogP contribution in [0.2, 0.25) is 0 Å². The zero-order chi connectivity index (χ0) is 23.5. The van der Waals surface area contributed by atoms with Crippen LogP contribution >= 0.6 is 0 Å². The van der Waals surface area contributed by atoms with Crippen LogP contribution in [0.4, 0.5) is 8.78 Å². The summed E-state index contributed by atoms with van der Waals surface area (Å²) < 4.78 is 26.1. The molecule has 3 aromatic carbocycles. The fourth-order valence-electron chi connectivity index (χ4n) is 5.67. The van der Waals surface area contributed by atoms with Crippen LogP contribution in [0.1, 0.15) is 47.6 Å². The largest absolute Gasteiger partial charge is 0.303 e. The molecule has 2 aliphatic rings. The minimum Gasteiger partial charge on any atom is -0.303 e. The summed E-state index contributed by atoms with van der Waals surface area (Å²) in [5.74, 6) is 0.840. The lowest BCUT2D eigenvalue weighted by Gasteiger charge is -2.39. The molecule has 0 bridgehead atoms. The van der Waals surface area contributed by atoms with Gasteiger partial charge in [0.2, 0.25) is 0 Å². The molecule has 34 heavy (non-hydrogen) atoms. The average molecular weight is 458 g/mol. The Bertz CT molecular complexity index is 1140. The highest BCUT2D eigenvalue weighted by Crippen LogP contribution is 2.42. The molecule has 1 aliphatic carbocycles. The topological polar surface area (TPSA) is 3.24 Å². The lowest BCUT2D eigenvalue weighted by Crippen LogP contribution is -2.47. The van der Waals surface area contributed by atoms with Crippen LogP contribution in [-0.2, 0) is 12.8 Å². The zero-order valence-corrected chi connectivity index (χ0v) is 19.9. The molecule has 1 aliphatic heterocycles. The number of alkyl halides is 1. The van der Waals surface area contributed by atoms with Crippen LogP contribution in [-0.4, -0.2) is 31.2 Å². The highest BCUT2D eigenvalue weighted by atomic mass is 19.1. The van der Waals surface area contributed by atoms with Crippen LogP contribution in [0.25, 0.3) is 11.1 Å². The summed E-state index contributed by atoms with van der Waals surface area (Å²) in [6, 6.07) is 24.8. The van der Waals surface area contributed by atoms with Crippen molar-refractivity contribution in [2.24, 2.45) is 11.8 Å². The minimum absolute atomic E-state index is 0.198. The predicted molar refractivity (Wildman–Crippen MR) is 137 cm³/mol. The van der Waals surface area contributed by atoms with Gasteiger partial charge in [-0.1, -0.05) is 67.6 Å². The molecule has 0 saturated carbocycles. The number of likely N-dealkylation sites (tertiary alicyclic amines) is 1. The summed E-state index contributed by atoms with van der Waals surface area (Å²) >= 11 is 0. The molecule has 0 spiro atoms. The molecule has 0 aromatic heterocycles. The van der Waals surface area contributed by atoms with E-state index in [0.29, 0.717) is 18.3 Å². The van der Waals surface area contributed by atoms with Crippen LogP contribution in [0.5, 0.6) is 0 Å². The van der Waals surface area contributed by atoms with Crippen LogP contribution in [0.15, 0.2) is 72.8 Å². The van der Waals surface area contributed by atoms with Gasteiger partial charge < -0.3 is 4.90 Å². The summed E-state index contributed by atoms with van der Waals surface area (Å²) in [4.78, 5) is 2.35. The standard InChI is InChI=1S/C31H33F2N/c1-22-7-10-25-5-2-3-6-29(25)31(30(22)26-13-15-28(33)16-14-26)27-11-8-23(9-12-27)19-24-20-34(21-24)18-4-17-32/h2-3,5-6,8-9,11-16,22,24H,4,7,10,17-21H2,1H3. The van der Waals surface area contributed by atoms with E-state index in [1.807, 2.05) is 12.1 Å². The Hall–Kier alpha value is -2.78. The van der Waals surface area contributed by atoms with Crippen molar-refractivity contribution < 1.29 is 8.78 Å². The number of rotatable bonds is 7. The molecule has 1 nitrogen and oxygen atoms in total.